The smallest absolute Gasteiger partial charge is 0.136 e. The number of amidine groups is 1. The van der Waals surface area contributed by atoms with Crippen molar-refractivity contribution in [2.24, 2.45) is 4.99 Å². The van der Waals surface area contributed by atoms with Gasteiger partial charge in [-0.3, -0.25) is 4.99 Å². The second kappa shape index (κ2) is 3.67. The van der Waals surface area contributed by atoms with Crippen molar-refractivity contribution in [3.05, 3.63) is 29.8 Å². The Kier molecular flexibility index (Phi) is 2.37. The summed E-state index contributed by atoms with van der Waals surface area (Å²) < 4.78 is 0. The van der Waals surface area contributed by atoms with Crippen molar-refractivity contribution < 1.29 is 10.2 Å². The fourth-order valence-electron chi connectivity index (χ4n) is 1.45. The van der Waals surface area contributed by atoms with Crippen LogP contribution in [0.15, 0.2) is 29.3 Å². The van der Waals surface area contributed by atoms with Gasteiger partial charge in [-0.1, -0.05) is 12.1 Å². The van der Waals surface area contributed by atoms with Gasteiger partial charge >= 0.3 is 0 Å². The fraction of sp³-hybridized carbons (Fsp3) is 0.300. The van der Waals surface area contributed by atoms with Crippen molar-refractivity contribution in [1.29, 1.82) is 0 Å². The van der Waals surface area contributed by atoms with Crippen molar-refractivity contribution in [3.63, 3.8) is 0 Å². The molecule has 0 amide bonds. The van der Waals surface area contributed by atoms with Crippen LogP contribution in [0, 0.1) is 0 Å². The summed E-state index contributed by atoms with van der Waals surface area (Å²) in [4.78, 5) is 4.12. The van der Waals surface area contributed by atoms with E-state index in [1.807, 2.05) is 0 Å². The molecule has 0 saturated carbocycles. The molecule has 0 radical (unpaired) electrons. The molecular formula is C10H12N2O2. The summed E-state index contributed by atoms with van der Waals surface area (Å²) >= 11 is 0. The fourth-order valence-corrected chi connectivity index (χ4v) is 1.45. The molecule has 1 aliphatic heterocycles. The van der Waals surface area contributed by atoms with Crippen LogP contribution >= 0.6 is 0 Å². The minimum Gasteiger partial charge on any atom is -0.508 e. The lowest BCUT2D eigenvalue weighted by Gasteiger charge is -2.11. The Morgan fingerprint density at radius 2 is 2.29 bits per heavy atom. The number of aliphatic imine (C=N–C) groups is 1. The van der Waals surface area contributed by atoms with E-state index in [4.69, 9.17) is 0 Å². The molecule has 3 N–H and O–H groups in total. The molecule has 0 aromatic heterocycles. The predicted molar refractivity (Wildman–Crippen MR) is 53.4 cm³/mol. The van der Waals surface area contributed by atoms with Gasteiger partial charge in [-0.05, 0) is 17.7 Å². The molecule has 1 aromatic rings. The summed E-state index contributed by atoms with van der Waals surface area (Å²) in [6.45, 7) is 1.47. The lowest BCUT2D eigenvalue weighted by Crippen LogP contribution is -2.25. The third kappa shape index (κ3) is 1.70. The first kappa shape index (κ1) is 9.02. The quantitative estimate of drug-likeness (QED) is 0.636. The van der Waals surface area contributed by atoms with Gasteiger partial charge in [0.05, 0.1) is 6.54 Å². The lowest BCUT2D eigenvalue weighted by atomic mass is 10.1. The number of aromatic hydroxyl groups is 1. The SMILES string of the molecule is Oc1cccc(C(O)C2=NCCN2)c1. The van der Waals surface area contributed by atoms with Gasteiger partial charge in [0.25, 0.3) is 0 Å². The molecule has 1 atom stereocenters. The van der Waals surface area contributed by atoms with Crippen LogP contribution in [0.5, 0.6) is 5.75 Å². The van der Waals surface area contributed by atoms with Crippen LogP contribution in [0.3, 0.4) is 0 Å². The van der Waals surface area contributed by atoms with Crippen LogP contribution in [0.25, 0.3) is 0 Å². The number of nitrogens with zero attached hydrogens (tertiary/aromatic N) is 1. The molecule has 1 aromatic carbocycles. The first-order valence-electron chi connectivity index (χ1n) is 4.52. The van der Waals surface area contributed by atoms with Crippen molar-refractivity contribution in [3.8, 4) is 5.75 Å². The lowest BCUT2D eigenvalue weighted by molar-refractivity contribution is 0.243. The normalized spacial score (nSPS) is 17.4. The molecule has 74 valence electrons. The number of nitrogens with one attached hydrogen (secondary N) is 1. The van der Waals surface area contributed by atoms with Crippen molar-refractivity contribution in [2.45, 2.75) is 6.10 Å². The Balaban J connectivity index is 2.22. The van der Waals surface area contributed by atoms with E-state index < -0.39 is 6.10 Å². The Hall–Kier alpha value is -1.55. The average Bonchev–Trinajstić information content (AvgIpc) is 2.69. The molecule has 0 saturated heterocycles. The highest BCUT2D eigenvalue weighted by molar-refractivity contribution is 5.88. The zero-order chi connectivity index (χ0) is 9.97. The van der Waals surface area contributed by atoms with Crippen LogP contribution in [0.1, 0.15) is 11.7 Å². The molecule has 4 nitrogen and oxygen atoms in total. The van der Waals surface area contributed by atoms with E-state index in [1.165, 1.54) is 6.07 Å². The van der Waals surface area contributed by atoms with E-state index in [2.05, 4.69) is 10.3 Å². The molecule has 0 bridgehead atoms. The van der Waals surface area contributed by atoms with E-state index in [0.717, 1.165) is 6.54 Å². The highest BCUT2D eigenvalue weighted by Crippen LogP contribution is 2.19. The Labute approximate surface area is 81.9 Å². The van der Waals surface area contributed by atoms with Crippen LogP contribution in [-0.4, -0.2) is 29.1 Å². The molecule has 0 fully saturated rings. The third-order valence-electron chi connectivity index (χ3n) is 2.15. The number of phenols is 1. The largest absolute Gasteiger partial charge is 0.508 e. The van der Waals surface area contributed by atoms with Gasteiger partial charge in [0.2, 0.25) is 0 Å². The second-order valence-corrected chi connectivity index (χ2v) is 3.19. The van der Waals surface area contributed by atoms with Gasteiger partial charge in [0.15, 0.2) is 0 Å². The molecular weight excluding hydrogens is 180 g/mol. The topological polar surface area (TPSA) is 64.8 Å². The first-order chi connectivity index (χ1) is 6.77. The van der Waals surface area contributed by atoms with E-state index in [0.29, 0.717) is 17.9 Å². The number of benzene rings is 1. The molecule has 2 rings (SSSR count). The van der Waals surface area contributed by atoms with E-state index in [9.17, 15) is 10.2 Å². The van der Waals surface area contributed by atoms with E-state index in [-0.39, 0.29) is 5.75 Å². The summed E-state index contributed by atoms with van der Waals surface area (Å²) in [6, 6.07) is 6.56. The van der Waals surface area contributed by atoms with Crippen molar-refractivity contribution in [1.82, 2.24) is 5.32 Å². The molecule has 4 heteroatoms. The zero-order valence-corrected chi connectivity index (χ0v) is 7.64. The number of hydrogen-bond acceptors (Lipinski definition) is 4. The summed E-state index contributed by atoms with van der Waals surface area (Å²) in [5.41, 5.74) is 0.651. The maximum absolute atomic E-state index is 9.84. The van der Waals surface area contributed by atoms with E-state index >= 15 is 0 Å². The molecule has 0 aliphatic carbocycles. The number of hydrogen-bond donors (Lipinski definition) is 3. The molecule has 1 aliphatic rings. The van der Waals surface area contributed by atoms with Gasteiger partial charge in [0, 0.05) is 6.54 Å². The third-order valence-corrected chi connectivity index (χ3v) is 2.15. The van der Waals surface area contributed by atoms with Gasteiger partial charge in [-0.2, -0.15) is 0 Å². The Bertz CT molecular complexity index is 363. The summed E-state index contributed by atoms with van der Waals surface area (Å²) in [5.74, 6) is 0.732. The predicted octanol–water partition coefficient (Wildman–Crippen LogP) is 0.427. The average molecular weight is 192 g/mol. The zero-order valence-electron chi connectivity index (χ0n) is 7.64. The first-order valence-corrected chi connectivity index (χ1v) is 4.52. The molecule has 14 heavy (non-hydrogen) atoms. The van der Waals surface area contributed by atoms with Crippen molar-refractivity contribution in [2.75, 3.05) is 13.1 Å². The van der Waals surface area contributed by atoms with Crippen LogP contribution in [0.4, 0.5) is 0 Å². The molecule has 1 heterocycles. The van der Waals surface area contributed by atoms with Crippen LogP contribution < -0.4 is 5.32 Å². The number of rotatable bonds is 2. The second-order valence-electron chi connectivity index (χ2n) is 3.19. The monoisotopic (exact) mass is 192 g/mol. The Morgan fingerprint density at radius 3 is 2.93 bits per heavy atom. The standard InChI is InChI=1S/C10H12N2O2/c13-8-3-1-2-7(6-8)9(14)10-11-4-5-12-10/h1-3,6,9,13-14H,4-5H2,(H,11,12). The maximum atomic E-state index is 9.84. The number of aliphatic hydroxyl groups excluding tert-OH is 1. The van der Waals surface area contributed by atoms with Gasteiger partial charge < -0.3 is 15.5 Å². The highest BCUT2D eigenvalue weighted by Gasteiger charge is 2.17. The molecule has 0 spiro atoms. The Morgan fingerprint density at radius 1 is 1.43 bits per heavy atom. The maximum Gasteiger partial charge on any atom is 0.136 e. The van der Waals surface area contributed by atoms with Crippen LogP contribution in [-0.2, 0) is 0 Å². The summed E-state index contributed by atoms with van der Waals surface area (Å²) in [6.07, 6.45) is -0.760. The summed E-state index contributed by atoms with van der Waals surface area (Å²) in [5, 5.41) is 22.1. The highest BCUT2D eigenvalue weighted by atomic mass is 16.3. The summed E-state index contributed by atoms with van der Waals surface area (Å²) in [7, 11) is 0. The number of aliphatic hydroxyl groups is 1. The van der Waals surface area contributed by atoms with Gasteiger partial charge in [-0.25, -0.2) is 0 Å². The van der Waals surface area contributed by atoms with Crippen molar-refractivity contribution >= 4 is 5.84 Å². The number of phenolic OH excluding ortho intramolecular Hbond substituents is 1. The minimum atomic E-state index is -0.760. The van der Waals surface area contributed by atoms with E-state index in [1.54, 1.807) is 18.2 Å². The molecule has 1 unspecified atom stereocenters. The minimum absolute atomic E-state index is 0.153. The van der Waals surface area contributed by atoms with Gasteiger partial charge in [-0.15, -0.1) is 0 Å². The van der Waals surface area contributed by atoms with Crippen LogP contribution in [0.2, 0.25) is 0 Å². The van der Waals surface area contributed by atoms with Gasteiger partial charge in [0.1, 0.15) is 17.7 Å².